The number of benzene rings is 1. The van der Waals surface area contributed by atoms with Crippen molar-refractivity contribution in [1.29, 1.82) is 0 Å². The minimum atomic E-state index is -0.122. The van der Waals surface area contributed by atoms with E-state index in [1.165, 1.54) is 51.0 Å². The average Bonchev–Trinajstić information content (AvgIpc) is 2.41. The fourth-order valence-corrected chi connectivity index (χ4v) is 3.80. The van der Waals surface area contributed by atoms with Gasteiger partial charge in [-0.2, -0.15) is 0 Å². The number of anilines is 1. The smallest absolute Gasteiger partial charge is 0.146 e. The van der Waals surface area contributed by atoms with Crippen molar-refractivity contribution in [1.82, 2.24) is 0 Å². The van der Waals surface area contributed by atoms with Crippen LogP contribution in [0.4, 0.5) is 10.1 Å². The van der Waals surface area contributed by atoms with Crippen LogP contribution >= 0.6 is 0 Å². The molecule has 1 nitrogen and oxygen atoms in total. The van der Waals surface area contributed by atoms with Crippen molar-refractivity contribution in [3.05, 3.63) is 30.1 Å². The second-order valence-corrected chi connectivity index (χ2v) is 5.94. The number of nitrogens with one attached hydrogen (secondary N) is 1. The number of para-hydroxylation sites is 1. The quantitative estimate of drug-likeness (QED) is 0.805. The summed E-state index contributed by atoms with van der Waals surface area (Å²) in [5, 5.41) is 3.41. The molecular formula is C16H22FN. The average molecular weight is 247 g/mol. The largest absolute Gasteiger partial charge is 0.380 e. The van der Waals surface area contributed by atoms with E-state index in [1.807, 2.05) is 12.1 Å². The van der Waals surface area contributed by atoms with Crippen LogP contribution in [-0.2, 0) is 0 Å². The minimum Gasteiger partial charge on any atom is -0.380 e. The Bertz CT molecular complexity index is 404. The molecule has 0 saturated heterocycles. The third-order valence-electron chi connectivity index (χ3n) is 4.77. The van der Waals surface area contributed by atoms with Gasteiger partial charge in [0.1, 0.15) is 5.82 Å². The van der Waals surface area contributed by atoms with Crippen molar-refractivity contribution < 1.29 is 4.39 Å². The van der Waals surface area contributed by atoms with Crippen molar-refractivity contribution in [2.24, 2.45) is 11.8 Å². The van der Waals surface area contributed by atoms with Crippen molar-refractivity contribution in [2.45, 2.75) is 51.0 Å². The Morgan fingerprint density at radius 3 is 2.56 bits per heavy atom. The first kappa shape index (κ1) is 12.0. The molecule has 0 bridgehead atoms. The Morgan fingerprint density at radius 2 is 1.72 bits per heavy atom. The lowest BCUT2D eigenvalue weighted by molar-refractivity contribution is 0.162. The summed E-state index contributed by atoms with van der Waals surface area (Å²) in [4.78, 5) is 0. The maximum atomic E-state index is 13.6. The molecule has 3 rings (SSSR count). The molecule has 0 aromatic heterocycles. The van der Waals surface area contributed by atoms with E-state index in [-0.39, 0.29) is 5.82 Å². The van der Waals surface area contributed by atoms with Gasteiger partial charge in [0.15, 0.2) is 0 Å². The molecule has 2 aliphatic carbocycles. The summed E-state index contributed by atoms with van der Waals surface area (Å²) in [5.41, 5.74) is 0.678. The monoisotopic (exact) mass is 247 g/mol. The second kappa shape index (κ2) is 5.29. The van der Waals surface area contributed by atoms with Gasteiger partial charge in [-0.05, 0) is 43.2 Å². The summed E-state index contributed by atoms with van der Waals surface area (Å²) in [5.74, 6) is 1.72. The Labute approximate surface area is 109 Å². The Hall–Kier alpha value is -1.05. The standard InChI is InChI=1S/C16H22FN/c17-15-7-3-4-8-16(15)18-14-10-9-12-5-1-2-6-13(12)11-14/h3-4,7-8,12-14,18H,1-2,5-6,9-11H2. The van der Waals surface area contributed by atoms with Gasteiger partial charge >= 0.3 is 0 Å². The van der Waals surface area contributed by atoms with Gasteiger partial charge in [-0.1, -0.05) is 37.8 Å². The molecule has 1 aromatic carbocycles. The van der Waals surface area contributed by atoms with Gasteiger partial charge in [-0.25, -0.2) is 4.39 Å². The third kappa shape index (κ3) is 2.52. The van der Waals surface area contributed by atoms with Gasteiger partial charge in [0, 0.05) is 6.04 Å². The van der Waals surface area contributed by atoms with Gasteiger partial charge < -0.3 is 5.32 Å². The van der Waals surface area contributed by atoms with Crippen LogP contribution in [0.15, 0.2) is 24.3 Å². The van der Waals surface area contributed by atoms with Crippen LogP contribution in [0.25, 0.3) is 0 Å². The lowest BCUT2D eigenvalue weighted by Gasteiger charge is -2.39. The predicted octanol–water partition coefficient (Wildman–Crippen LogP) is 4.60. The highest BCUT2D eigenvalue weighted by Crippen LogP contribution is 2.41. The lowest BCUT2D eigenvalue weighted by atomic mass is 9.69. The predicted molar refractivity (Wildman–Crippen MR) is 73.1 cm³/mol. The van der Waals surface area contributed by atoms with E-state index in [2.05, 4.69) is 5.32 Å². The summed E-state index contributed by atoms with van der Waals surface area (Å²) in [6.07, 6.45) is 9.41. The summed E-state index contributed by atoms with van der Waals surface area (Å²) in [7, 11) is 0. The zero-order valence-corrected chi connectivity index (χ0v) is 10.9. The number of fused-ring (bicyclic) bond motifs is 1. The number of hydrogen-bond acceptors (Lipinski definition) is 1. The molecule has 2 saturated carbocycles. The van der Waals surface area contributed by atoms with Crippen molar-refractivity contribution in [2.75, 3.05) is 5.32 Å². The number of rotatable bonds is 2. The van der Waals surface area contributed by atoms with E-state index >= 15 is 0 Å². The molecule has 3 atom stereocenters. The second-order valence-electron chi connectivity index (χ2n) is 5.94. The first-order valence-corrected chi connectivity index (χ1v) is 7.34. The maximum Gasteiger partial charge on any atom is 0.146 e. The molecule has 0 amide bonds. The fraction of sp³-hybridized carbons (Fsp3) is 0.625. The highest BCUT2D eigenvalue weighted by Gasteiger charge is 2.32. The first-order chi connectivity index (χ1) is 8.83. The lowest BCUT2D eigenvalue weighted by Crippen LogP contribution is -2.34. The molecule has 1 aromatic rings. The molecule has 18 heavy (non-hydrogen) atoms. The third-order valence-corrected chi connectivity index (χ3v) is 4.77. The van der Waals surface area contributed by atoms with Crippen LogP contribution in [0, 0.1) is 17.7 Å². The van der Waals surface area contributed by atoms with E-state index in [0.717, 1.165) is 11.8 Å². The molecule has 2 aliphatic rings. The molecule has 2 fully saturated rings. The molecule has 1 N–H and O–H groups in total. The summed E-state index contributed by atoms with van der Waals surface area (Å²) in [6, 6.07) is 7.51. The molecular weight excluding hydrogens is 225 g/mol. The first-order valence-electron chi connectivity index (χ1n) is 7.34. The van der Waals surface area contributed by atoms with E-state index in [1.54, 1.807) is 6.07 Å². The zero-order chi connectivity index (χ0) is 12.4. The van der Waals surface area contributed by atoms with Crippen LogP contribution in [-0.4, -0.2) is 6.04 Å². The van der Waals surface area contributed by atoms with Gasteiger partial charge in [0.2, 0.25) is 0 Å². The van der Waals surface area contributed by atoms with E-state index in [4.69, 9.17) is 0 Å². The Balaban J connectivity index is 1.63. The normalized spacial score (nSPS) is 31.7. The maximum absolute atomic E-state index is 13.6. The van der Waals surface area contributed by atoms with E-state index < -0.39 is 0 Å². The molecule has 3 unspecified atom stereocenters. The van der Waals surface area contributed by atoms with Gasteiger partial charge in [-0.15, -0.1) is 0 Å². The van der Waals surface area contributed by atoms with Crippen LogP contribution < -0.4 is 5.32 Å². The molecule has 98 valence electrons. The van der Waals surface area contributed by atoms with E-state index in [9.17, 15) is 4.39 Å². The molecule has 0 spiro atoms. The van der Waals surface area contributed by atoms with Crippen LogP contribution in [0.2, 0.25) is 0 Å². The van der Waals surface area contributed by atoms with Gasteiger partial charge in [-0.3, -0.25) is 0 Å². The Morgan fingerprint density at radius 1 is 0.944 bits per heavy atom. The number of halogens is 1. The molecule has 0 aliphatic heterocycles. The van der Waals surface area contributed by atoms with Crippen molar-refractivity contribution >= 4 is 5.69 Å². The van der Waals surface area contributed by atoms with Crippen molar-refractivity contribution in [3.8, 4) is 0 Å². The fourth-order valence-electron chi connectivity index (χ4n) is 3.80. The molecule has 0 heterocycles. The van der Waals surface area contributed by atoms with Crippen LogP contribution in [0.3, 0.4) is 0 Å². The molecule has 2 heteroatoms. The highest BCUT2D eigenvalue weighted by atomic mass is 19.1. The molecule has 0 radical (unpaired) electrons. The Kier molecular flexibility index (Phi) is 3.53. The van der Waals surface area contributed by atoms with Crippen LogP contribution in [0.5, 0.6) is 0 Å². The summed E-state index contributed by atoms with van der Waals surface area (Å²) in [6.45, 7) is 0. The topological polar surface area (TPSA) is 12.0 Å². The SMILES string of the molecule is Fc1ccccc1NC1CCC2CCCCC2C1. The minimum absolute atomic E-state index is 0.122. The van der Waals surface area contributed by atoms with Crippen LogP contribution in [0.1, 0.15) is 44.9 Å². The van der Waals surface area contributed by atoms with Gasteiger partial charge in [0.25, 0.3) is 0 Å². The van der Waals surface area contributed by atoms with Crippen molar-refractivity contribution in [3.63, 3.8) is 0 Å². The summed E-state index contributed by atoms with van der Waals surface area (Å²) < 4.78 is 13.6. The van der Waals surface area contributed by atoms with E-state index in [0.29, 0.717) is 11.7 Å². The summed E-state index contributed by atoms with van der Waals surface area (Å²) >= 11 is 0. The zero-order valence-electron chi connectivity index (χ0n) is 10.9. The van der Waals surface area contributed by atoms with Gasteiger partial charge in [0.05, 0.1) is 5.69 Å². The number of hydrogen-bond donors (Lipinski definition) is 1. The highest BCUT2D eigenvalue weighted by molar-refractivity contribution is 5.45.